The molecule has 2 heterocycles. The van der Waals surface area contributed by atoms with Crippen molar-refractivity contribution >= 4 is 46.5 Å². The van der Waals surface area contributed by atoms with E-state index in [0.717, 1.165) is 0 Å². The number of aromatic nitrogens is 4. The van der Waals surface area contributed by atoms with Crippen LogP contribution in [0.3, 0.4) is 0 Å². The smallest absolute Gasteiger partial charge is 0.326 e. The molecule has 14 heteroatoms. The number of quaternary nitrogens is 1. The van der Waals surface area contributed by atoms with E-state index >= 15 is 0 Å². The van der Waals surface area contributed by atoms with Crippen molar-refractivity contribution in [2.24, 2.45) is 0 Å². The van der Waals surface area contributed by atoms with Crippen molar-refractivity contribution in [1.82, 2.24) is 29.9 Å². The molecule has 184 valence electrons. The Bertz CT molecular complexity index is 1310. The number of carbonyl (C=O) groups is 3. The lowest BCUT2D eigenvalue weighted by atomic mass is 10.1. The Morgan fingerprint density at radius 2 is 1.89 bits per heavy atom. The summed E-state index contributed by atoms with van der Waals surface area (Å²) in [6.07, 6.45) is 0.713. The quantitative estimate of drug-likeness (QED) is 0.207. The van der Waals surface area contributed by atoms with E-state index < -0.39 is 35.0 Å². The minimum Gasteiger partial charge on any atom is -0.627 e. The Kier molecular flexibility index (Phi) is 7.07. The molecule has 0 saturated heterocycles. The Morgan fingerprint density at radius 1 is 1.17 bits per heavy atom. The number of nitrogen functional groups attached to an aromatic ring is 2. The van der Waals surface area contributed by atoms with Gasteiger partial charge in [-0.25, -0.2) is 14.8 Å². The van der Waals surface area contributed by atoms with Crippen molar-refractivity contribution in [2.75, 3.05) is 18.5 Å². The molecule has 3 aromatic rings. The fraction of sp³-hybridized carbons (Fsp3) is 0.286. The maximum absolute atomic E-state index is 13.4. The number of anilines is 2. The Morgan fingerprint density at radius 3 is 2.51 bits per heavy atom. The first kappa shape index (κ1) is 25.2. The first-order chi connectivity index (χ1) is 16.4. The lowest BCUT2D eigenvalue weighted by Crippen LogP contribution is -2.41. The van der Waals surface area contributed by atoms with Crippen molar-refractivity contribution in [3.05, 3.63) is 46.4 Å². The minimum absolute atomic E-state index is 0.0384. The van der Waals surface area contributed by atoms with Gasteiger partial charge in [0.1, 0.15) is 24.0 Å². The number of amides is 1. The summed E-state index contributed by atoms with van der Waals surface area (Å²) in [5.41, 5.74) is 13.1. The summed E-state index contributed by atoms with van der Waals surface area (Å²) >= 11 is 0. The second-order valence-electron chi connectivity index (χ2n) is 8.06. The molecule has 14 nitrogen and oxygen atoms in total. The highest BCUT2D eigenvalue weighted by atomic mass is 16.5. The van der Waals surface area contributed by atoms with Gasteiger partial charge in [0.15, 0.2) is 17.0 Å². The van der Waals surface area contributed by atoms with Crippen LogP contribution in [-0.2, 0) is 16.1 Å². The van der Waals surface area contributed by atoms with Crippen molar-refractivity contribution in [3.8, 4) is 0 Å². The van der Waals surface area contributed by atoms with Gasteiger partial charge in [0.05, 0.1) is 13.2 Å². The number of hydrogen-bond acceptors (Lipinski definition) is 10. The van der Waals surface area contributed by atoms with Gasteiger partial charge in [0.2, 0.25) is 5.95 Å². The predicted molar refractivity (Wildman–Crippen MR) is 126 cm³/mol. The number of nitrogens with one attached hydrogen (secondary N) is 1. The number of nitrogens with zero attached hydrogens (tertiary/aromatic N) is 5. The number of benzene rings is 1. The number of aryl methyl sites for hydroxylation is 1. The number of nitrogens with two attached hydrogens (primary N) is 2. The maximum Gasteiger partial charge on any atom is 0.326 e. The molecular weight excluding hydrogens is 460 g/mol. The van der Waals surface area contributed by atoms with Gasteiger partial charge in [-0.15, -0.1) is 0 Å². The van der Waals surface area contributed by atoms with E-state index in [9.17, 15) is 24.7 Å². The van der Waals surface area contributed by atoms with Crippen LogP contribution < -0.4 is 21.4 Å². The SMILES string of the molecule is Cc1cc(C(=O)N[C@@H](CCC(=O)O)C(=O)O)ccc1[N+](C)([O-])Cc1cnc2nc(N)nc(N)c2n1. The number of rotatable bonds is 9. The van der Waals surface area contributed by atoms with Gasteiger partial charge < -0.3 is 36.9 Å². The Balaban J connectivity index is 1.80. The highest BCUT2D eigenvalue weighted by molar-refractivity contribution is 5.97. The lowest BCUT2D eigenvalue weighted by molar-refractivity contribution is -0.140. The number of aliphatic carboxylic acids is 2. The topological polar surface area (TPSA) is 230 Å². The average Bonchev–Trinajstić information content (AvgIpc) is 2.76. The lowest BCUT2D eigenvalue weighted by Gasteiger charge is -2.38. The van der Waals surface area contributed by atoms with Gasteiger partial charge in [0.25, 0.3) is 5.91 Å². The molecule has 0 spiro atoms. The van der Waals surface area contributed by atoms with Gasteiger partial charge in [0, 0.05) is 23.6 Å². The summed E-state index contributed by atoms with van der Waals surface area (Å²) in [6, 6.07) is 2.95. The zero-order valence-electron chi connectivity index (χ0n) is 18.9. The number of fused-ring (bicyclic) bond motifs is 1. The number of carbonyl (C=O) groups excluding carboxylic acids is 1. The number of carboxylic acid groups (broad SMARTS) is 2. The molecule has 0 fully saturated rings. The number of carboxylic acids is 2. The normalized spacial score (nSPS) is 13.7. The second-order valence-corrected chi connectivity index (χ2v) is 8.06. The van der Waals surface area contributed by atoms with Crippen molar-refractivity contribution in [2.45, 2.75) is 32.4 Å². The fourth-order valence-corrected chi connectivity index (χ4v) is 3.55. The van der Waals surface area contributed by atoms with E-state index in [2.05, 4.69) is 25.3 Å². The van der Waals surface area contributed by atoms with E-state index in [1.54, 1.807) is 6.92 Å². The third-order valence-corrected chi connectivity index (χ3v) is 5.18. The molecule has 35 heavy (non-hydrogen) atoms. The summed E-state index contributed by atoms with van der Waals surface area (Å²) in [6.45, 7) is 1.52. The fourth-order valence-electron chi connectivity index (χ4n) is 3.55. The van der Waals surface area contributed by atoms with Crippen LogP contribution in [0.4, 0.5) is 17.5 Å². The zero-order valence-corrected chi connectivity index (χ0v) is 18.9. The Labute approximate surface area is 198 Å². The van der Waals surface area contributed by atoms with E-state index in [0.29, 0.717) is 16.9 Å². The molecule has 7 N–H and O–H groups in total. The van der Waals surface area contributed by atoms with E-state index in [4.69, 9.17) is 16.6 Å². The summed E-state index contributed by atoms with van der Waals surface area (Å²) in [5, 5.41) is 33.7. The van der Waals surface area contributed by atoms with E-state index in [-0.39, 0.29) is 41.5 Å². The predicted octanol–water partition coefficient (Wildman–Crippen LogP) is 0.576. The first-order valence-electron chi connectivity index (χ1n) is 10.3. The monoisotopic (exact) mass is 484 g/mol. The van der Waals surface area contributed by atoms with Crippen LogP contribution in [0.25, 0.3) is 11.2 Å². The van der Waals surface area contributed by atoms with Crippen molar-refractivity contribution < 1.29 is 24.6 Å². The molecule has 3 rings (SSSR count). The molecule has 2 aromatic heterocycles. The van der Waals surface area contributed by atoms with Gasteiger partial charge in [-0.05, 0) is 25.5 Å². The molecular formula is C21H24N8O6. The number of hydrogen-bond donors (Lipinski definition) is 5. The molecule has 1 amide bonds. The van der Waals surface area contributed by atoms with E-state index in [1.807, 2.05) is 0 Å². The molecule has 1 unspecified atom stereocenters. The van der Waals surface area contributed by atoms with Crippen LogP contribution in [-0.4, -0.2) is 61.1 Å². The van der Waals surface area contributed by atoms with Crippen LogP contribution in [0.5, 0.6) is 0 Å². The van der Waals surface area contributed by atoms with Crippen LogP contribution in [0.15, 0.2) is 24.4 Å². The average molecular weight is 484 g/mol. The van der Waals surface area contributed by atoms with Crippen LogP contribution in [0.2, 0.25) is 0 Å². The summed E-state index contributed by atoms with van der Waals surface area (Å²) in [7, 11) is 1.41. The molecule has 0 radical (unpaired) electrons. The highest BCUT2D eigenvalue weighted by Crippen LogP contribution is 2.28. The zero-order chi connectivity index (χ0) is 25.9. The Hall–Kier alpha value is -4.43. The third-order valence-electron chi connectivity index (χ3n) is 5.18. The largest absolute Gasteiger partial charge is 0.627 e. The van der Waals surface area contributed by atoms with Gasteiger partial charge in [-0.3, -0.25) is 9.59 Å². The summed E-state index contributed by atoms with van der Waals surface area (Å²) < 4.78 is -0.889. The third kappa shape index (κ3) is 5.93. The van der Waals surface area contributed by atoms with Crippen LogP contribution in [0, 0.1) is 12.1 Å². The molecule has 0 aliphatic heterocycles. The summed E-state index contributed by atoms with van der Waals surface area (Å²) in [5.74, 6) is -3.22. The van der Waals surface area contributed by atoms with Crippen LogP contribution >= 0.6 is 0 Å². The molecule has 0 saturated carbocycles. The molecule has 0 aliphatic rings. The van der Waals surface area contributed by atoms with Crippen molar-refractivity contribution in [1.29, 1.82) is 0 Å². The maximum atomic E-state index is 13.4. The van der Waals surface area contributed by atoms with E-state index in [1.165, 1.54) is 31.4 Å². The second kappa shape index (κ2) is 9.82. The molecule has 2 atom stereocenters. The number of hydroxylamine groups is 2. The molecule has 1 aromatic carbocycles. The standard InChI is InChI=1S/C21H24N8O6/c1-10-7-11(19(32)26-13(20(33)34)4-6-15(30)31)3-5-14(10)29(2,35)9-12-8-24-18-16(25-12)17(22)27-21(23)28-18/h3,5,7-8,13H,4,6,9H2,1-2H3,(H,26,32)(H,30,31)(H,33,34)(H4,22,23,24,27,28)/t13-,29?/m0/s1. The highest BCUT2D eigenvalue weighted by Gasteiger charge is 2.24. The molecule has 0 aliphatic carbocycles. The van der Waals surface area contributed by atoms with Gasteiger partial charge >= 0.3 is 11.9 Å². The van der Waals surface area contributed by atoms with Crippen LogP contribution in [0.1, 0.15) is 34.5 Å². The van der Waals surface area contributed by atoms with Crippen molar-refractivity contribution in [3.63, 3.8) is 0 Å². The summed E-state index contributed by atoms with van der Waals surface area (Å²) in [4.78, 5) is 50.9. The molecule has 0 bridgehead atoms. The minimum atomic E-state index is -1.36. The van der Waals surface area contributed by atoms with Gasteiger partial charge in [-0.1, -0.05) is 0 Å². The first-order valence-corrected chi connectivity index (χ1v) is 10.3. The van der Waals surface area contributed by atoms with Gasteiger partial charge in [-0.2, -0.15) is 9.97 Å².